The topological polar surface area (TPSA) is 55.3 Å². The van der Waals surface area contributed by atoms with Crippen molar-refractivity contribution in [3.8, 4) is 5.88 Å². The maximum absolute atomic E-state index is 11.8. The highest BCUT2D eigenvalue weighted by atomic mass is 35.5. The van der Waals surface area contributed by atoms with Gasteiger partial charge >= 0.3 is 0 Å². The zero-order valence-corrected chi connectivity index (χ0v) is 10.7. The summed E-state index contributed by atoms with van der Waals surface area (Å²) in [7, 11) is 1.48. The average molecular weight is 276 g/mol. The summed E-state index contributed by atoms with van der Waals surface area (Å²) >= 11 is 11.6. The fourth-order valence-electron chi connectivity index (χ4n) is 1.69. The lowest BCUT2D eigenvalue weighted by molar-refractivity contribution is -0.117. The number of hydrogen-bond acceptors (Lipinski definition) is 4. The van der Waals surface area contributed by atoms with Crippen LogP contribution in [0.1, 0.15) is 6.42 Å². The van der Waals surface area contributed by atoms with Crippen LogP contribution in [0, 0.1) is 5.92 Å². The van der Waals surface area contributed by atoms with Gasteiger partial charge in [0.05, 0.1) is 7.11 Å². The lowest BCUT2D eigenvalue weighted by Gasteiger charge is -2.14. The van der Waals surface area contributed by atoms with Crippen LogP contribution in [0.2, 0.25) is 5.15 Å². The molecule has 1 aromatic rings. The Labute approximate surface area is 109 Å². The molecule has 0 saturated carbocycles. The summed E-state index contributed by atoms with van der Waals surface area (Å²) in [4.78, 5) is 21.4. The number of rotatable bonds is 3. The number of halogens is 2. The second kappa shape index (κ2) is 5.06. The van der Waals surface area contributed by atoms with E-state index in [-0.39, 0.29) is 22.9 Å². The van der Waals surface area contributed by atoms with Gasteiger partial charge in [-0.3, -0.25) is 9.69 Å². The molecule has 0 spiro atoms. The maximum Gasteiger partial charge on any atom is 0.236 e. The monoisotopic (exact) mass is 275 g/mol. The summed E-state index contributed by atoms with van der Waals surface area (Å²) < 4.78 is 4.98. The first-order valence-electron chi connectivity index (χ1n) is 5.09. The first-order chi connectivity index (χ1) is 8.13. The van der Waals surface area contributed by atoms with Crippen molar-refractivity contribution in [2.24, 2.45) is 5.92 Å². The van der Waals surface area contributed by atoms with Crippen molar-refractivity contribution in [2.45, 2.75) is 6.42 Å². The molecule has 1 saturated heterocycles. The summed E-state index contributed by atoms with van der Waals surface area (Å²) in [6.07, 6.45) is 0.418. The van der Waals surface area contributed by atoms with Gasteiger partial charge in [0, 0.05) is 24.9 Å². The second-order valence-corrected chi connectivity index (χ2v) is 4.46. The Bertz CT molecular complexity index is 442. The molecule has 0 N–H and O–H groups in total. The van der Waals surface area contributed by atoms with E-state index in [0.29, 0.717) is 24.7 Å². The molecule has 1 amide bonds. The predicted molar refractivity (Wildman–Crippen MR) is 64.8 cm³/mol. The normalized spacial score (nSPS) is 19.8. The van der Waals surface area contributed by atoms with Crippen molar-refractivity contribution in [3.63, 3.8) is 0 Å². The third-order valence-corrected chi connectivity index (χ3v) is 3.16. The summed E-state index contributed by atoms with van der Waals surface area (Å²) in [6, 6.07) is 1.49. The van der Waals surface area contributed by atoms with E-state index in [1.807, 2.05) is 0 Å². The number of nitrogens with zero attached hydrogens (tertiary/aromatic N) is 3. The van der Waals surface area contributed by atoms with Gasteiger partial charge in [0.2, 0.25) is 17.7 Å². The van der Waals surface area contributed by atoms with E-state index in [2.05, 4.69) is 9.97 Å². The Kier molecular flexibility index (Phi) is 3.69. The number of anilines is 1. The Balaban J connectivity index is 2.28. The predicted octanol–water partition coefficient (Wildman–Crippen LogP) is 1.73. The van der Waals surface area contributed by atoms with Crippen LogP contribution in [0.4, 0.5) is 5.95 Å². The first kappa shape index (κ1) is 12.4. The van der Waals surface area contributed by atoms with Crippen LogP contribution < -0.4 is 9.64 Å². The van der Waals surface area contributed by atoms with Crippen LogP contribution in [-0.4, -0.2) is 35.4 Å². The Hall–Kier alpha value is -1.07. The van der Waals surface area contributed by atoms with Crippen molar-refractivity contribution >= 4 is 35.1 Å². The number of carbonyl (C=O) groups is 1. The van der Waals surface area contributed by atoms with Crippen LogP contribution in [0.15, 0.2) is 6.07 Å². The Morgan fingerprint density at radius 3 is 2.94 bits per heavy atom. The smallest absolute Gasteiger partial charge is 0.236 e. The van der Waals surface area contributed by atoms with Crippen LogP contribution in [-0.2, 0) is 4.79 Å². The van der Waals surface area contributed by atoms with E-state index in [1.165, 1.54) is 18.1 Å². The van der Waals surface area contributed by atoms with E-state index in [9.17, 15) is 4.79 Å². The molecule has 1 unspecified atom stereocenters. The maximum atomic E-state index is 11.8. The van der Waals surface area contributed by atoms with Gasteiger partial charge in [-0.05, 0) is 5.92 Å². The standard InChI is InChI=1S/C10H11Cl2N3O2/c1-17-8-3-7(12)13-10(14-8)15-5-6(4-11)2-9(15)16/h3,6H,2,4-5H2,1H3. The molecular weight excluding hydrogens is 265 g/mol. The van der Waals surface area contributed by atoms with E-state index in [0.717, 1.165) is 0 Å². The van der Waals surface area contributed by atoms with E-state index < -0.39 is 0 Å². The lowest BCUT2D eigenvalue weighted by atomic mass is 10.2. The van der Waals surface area contributed by atoms with Crippen LogP contribution >= 0.6 is 23.2 Å². The minimum absolute atomic E-state index is 0.0417. The molecule has 0 aromatic carbocycles. The summed E-state index contributed by atoms with van der Waals surface area (Å²) in [5.41, 5.74) is 0. The van der Waals surface area contributed by atoms with E-state index >= 15 is 0 Å². The second-order valence-electron chi connectivity index (χ2n) is 3.76. The fraction of sp³-hybridized carbons (Fsp3) is 0.500. The van der Waals surface area contributed by atoms with Crippen molar-refractivity contribution < 1.29 is 9.53 Å². The van der Waals surface area contributed by atoms with Gasteiger partial charge in [-0.1, -0.05) is 11.6 Å². The molecule has 92 valence electrons. The number of alkyl halides is 1. The van der Waals surface area contributed by atoms with Crippen LogP contribution in [0.5, 0.6) is 5.88 Å². The molecule has 1 aromatic heterocycles. The molecule has 1 atom stereocenters. The first-order valence-corrected chi connectivity index (χ1v) is 6.00. The highest BCUT2D eigenvalue weighted by Crippen LogP contribution is 2.25. The van der Waals surface area contributed by atoms with Gasteiger partial charge in [0.25, 0.3) is 0 Å². The largest absolute Gasteiger partial charge is 0.481 e. The molecule has 7 heteroatoms. The molecule has 17 heavy (non-hydrogen) atoms. The Morgan fingerprint density at radius 2 is 2.35 bits per heavy atom. The number of amides is 1. The third-order valence-electron chi connectivity index (χ3n) is 2.53. The molecule has 1 aliphatic heterocycles. The molecule has 5 nitrogen and oxygen atoms in total. The summed E-state index contributed by atoms with van der Waals surface area (Å²) in [5.74, 6) is 1.15. The number of carbonyl (C=O) groups excluding carboxylic acids is 1. The molecule has 1 fully saturated rings. The van der Waals surface area contributed by atoms with E-state index in [4.69, 9.17) is 27.9 Å². The van der Waals surface area contributed by atoms with Crippen molar-refractivity contribution in [1.29, 1.82) is 0 Å². The number of ether oxygens (including phenoxy) is 1. The molecule has 1 aliphatic rings. The highest BCUT2D eigenvalue weighted by molar-refractivity contribution is 6.29. The molecule has 0 bridgehead atoms. The van der Waals surface area contributed by atoms with Gasteiger partial charge in [-0.2, -0.15) is 4.98 Å². The van der Waals surface area contributed by atoms with Gasteiger partial charge in [0.1, 0.15) is 5.15 Å². The van der Waals surface area contributed by atoms with Gasteiger partial charge in [0.15, 0.2) is 0 Å². The fourth-order valence-corrected chi connectivity index (χ4v) is 2.06. The number of methoxy groups -OCH3 is 1. The van der Waals surface area contributed by atoms with Crippen molar-refractivity contribution in [2.75, 3.05) is 24.4 Å². The average Bonchev–Trinajstić information content (AvgIpc) is 2.69. The summed E-state index contributed by atoms with van der Waals surface area (Å²) in [5, 5.41) is 0.244. The van der Waals surface area contributed by atoms with E-state index in [1.54, 1.807) is 0 Å². The zero-order valence-electron chi connectivity index (χ0n) is 9.19. The van der Waals surface area contributed by atoms with Gasteiger partial charge < -0.3 is 4.74 Å². The quantitative estimate of drug-likeness (QED) is 0.623. The number of hydrogen-bond donors (Lipinski definition) is 0. The number of aromatic nitrogens is 2. The zero-order chi connectivity index (χ0) is 12.4. The highest BCUT2D eigenvalue weighted by Gasteiger charge is 2.32. The third kappa shape index (κ3) is 2.61. The van der Waals surface area contributed by atoms with Gasteiger partial charge in [-0.25, -0.2) is 4.98 Å². The van der Waals surface area contributed by atoms with Crippen LogP contribution in [0.25, 0.3) is 0 Å². The molecule has 0 radical (unpaired) electrons. The molecule has 2 heterocycles. The minimum Gasteiger partial charge on any atom is -0.481 e. The van der Waals surface area contributed by atoms with Crippen LogP contribution in [0.3, 0.4) is 0 Å². The molecular formula is C10H11Cl2N3O2. The SMILES string of the molecule is COc1cc(Cl)nc(N2CC(CCl)CC2=O)n1. The summed E-state index contributed by atoms with van der Waals surface area (Å²) in [6.45, 7) is 0.520. The molecule has 0 aliphatic carbocycles. The van der Waals surface area contributed by atoms with Crippen molar-refractivity contribution in [1.82, 2.24) is 9.97 Å². The Morgan fingerprint density at radius 1 is 1.59 bits per heavy atom. The molecule has 2 rings (SSSR count). The minimum atomic E-state index is -0.0417. The lowest BCUT2D eigenvalue weighted by Crippen LogP contribution is -2.26. The van der Waals surface area contributed by atoms with Crippen molar-refractivity contribution in [3.05, 3.63) is 11.2 Å². The van der Waals surface area contributed by atoms with Gasteiger partial charge in [-0.15, -0.1) is 11.6 Å².